The summed E-state index contributed by atoms with van der Waals surface area (Å²) in [5.74, 6) is -0.0843. The Morgan fingerprint density at radius 2 is 2.42 bits per heavy atom. The summed E-state index contributed by atoms with van der Waals surface area (Å²) < 4.78 is 0. The van der Waals surface area contributed by atoms with Crippen LogP contribution in [0.5, 0.6) is 0 Å². The molecule has 1 atom stereocenters. The molecule has 0 bridgehead atoms. The molecule has 1 aliphatic heterocycles. The Balaban J connectivity index is 2.05. The van der Waals surface area contributed by atoms with Crippen molar-refractivity contribution >= 4 is 12.0 Å². The zero-order chi connectivity index (χ0) is 13.7. The van der Waals surface area contributed by atoms with Crippen LogP contribution in [0.1, 0.15) is 24.0 Å². The first-order chi connectivity index (χ1) is 9.24. The molecule has 1 aromatic carbocycles. The van der Waals surface area contributed by atoms with Crippen LogP contribution < -0.4 is 0 Å². The zero-order valence-corrected chi connectivity index (χ0v) is 10.6. The third-order valence-corrected chi connectivity index (χ3v) is 3.31. The van der Waals surface area contributed by atoms with E-state index in [0.717, 1.165) is 18.4 Å². The van der Waals surface area contributed by atoms with Crippen molar-refractivity contribution in [1.29, 1.82) is 5.26 Å². The molecule has 1 amide bonds. The van der Waals surface area contributed by atoms with Crippen molar-refractivity contribution < 1.29 is 9.90 Å². The minimum absolute atomic E-state index is 0.0174. The van der Waals surface area contributed by atoms with Gasteiger partial charge in [0.2, 0.25) is 5.91 Å². The van der Waals surface area contributed by atoms with Crippen molar-refractivity contribution in [2.45, 2.75) is 18.9 Å². The maximum Gasteiger partial charge on any atom is 0.246 e. The van der Waals surface area contributed by atoms with Gasteiger partial charge in [0.05, 0.1) is 24.3 Å². The van der Waals surface area contributed by atoms with E-state index < -0.39 is 0 Å². The van der Waals surface area contributed by atoms with Gasteiger partial charge in [-0.15, -0.1) is 0 Å². The number of carbonyl (C=O) groups excluding carboxylic acids is 1. The summed E-state index contributed by atoms with van der Waals surface area (Å²) in [6, 6.07) is 9.10. The van der Waals surface area contributed by atoms with Gasteiger partial charge in [0.15, 0.2) is 0 Å². The number of nitrogens with zero attached hydrogens (tertiary/aromatic N) is 2. The molecule has 0 spiro atoms. The van der Waals surface area contributed by atoms with Crippen molar-refractivity contribution in [3.8, 4) is 6.07 Å². The zero-order valence-electron chi connectivity index (χ0n) is 10.6. The summed E-state index contributed by atoms with van der Waals surface area (Å²) in [5.41, 5.74) is 1.40. The van der Waals surface area contributed by atoms with Gasteiger partial charge in [-0.25, -0.2) is 0 Å². The van der Waals surface area contributed by atoms with Crippen LogP contribution >= 0.6 is 0 Å². The number of hydrogen-bond donors (Lipinski definition) is 1. The Morgan fingerprint density at radius 3 is 3.16 bits per heavy atom. The van der Waals surface area contributed by atoms with Crippen LogP contribution in [0.25, 0.3) is 6.08 Å². The number of amides is 1. The van der Waals surface area contributed by atoms with Gasteiger partial charge in [0.25, 0.3) is 0 Å². The summed E-state index contributed by atoms with van der Waals surface area (Å²) in [7, 11) is 0. The smallest absolute Gasteiger partial charge is 0.246 e. The number of benzene rings is 1. The number of likely N-dealkylation sites (tertiary alicyclic amines) is 1. The third-order valence-electron chi connectivity index (χ3n) is 3.31. The lowest BCUT2D eigenvalue weighted by Crippen LogP contribution is -2.36. The standard InChI is InChI=1S/C15H16N2O2/c16-10-13-4-1-3-12(9-13)6-7-15(19)17-8-2-5-14(17)11-18/h1,3-4,6-7,9,14,18H,2,5,8,11H2/b7-6+. The van der Waals surface area contributed by atoms with Crippen LogP contribution in [0.4, 0.5) is 0 Å². The molecule has 0 saturated carbocycles. The summed E-state index contributed by atoms with van der Waals surface area (Å²) in [6.07, 6.45) is 5.01. The fourth-order valence-electron chi connectivity index (χ4n) is 2.29. The third kappa shape index (κ3) is 3.21. The number of aliphatic hydroxyl groups excluding tert-OH is 1. The number of carbonyl (C=O) groups is 1. The molecule has 0 aliphatic carbocycles. The average Bonchev–Trinajstić information content (AvgIpc) is 2.93. The van der Waals surface area contributed by atoms with Gasteiger partial charge in [-0.05, 0) is 36.6 Å². The van der Waals surface area contributed by atoms with Gasteiger partial charge in [-0.2, -0.15) is 5.26 Å². The highest BCUT2D eigenvalue weighted by molar-refractivity contribution is 5.92. The average molecular weight is 256 g/mol. The molecule has 1 N–H and O–H groups in total. The maximum absolute atomic E-state index is 12.0. The molecule has 98 valence electrons. The molecule has 1 fully saturated rings. The largest absolute Gasteiger partial charge is 0.394 e. The maximum atomic E-state index is 12.0. The van der Waals surface area contributed by atoms with Crippen LogP contribution in [0, 0.1) is 11.3 Å². The van der Waals surface area contributed by atoms with Crippen LogP contribution in [-0.4, -0.2) is 35.1 Å². The molecule has 1 aromatic rings. The summed E-state index contributed by atoms with van der Waals surface area (Å²) in [6.45, 7) is 0.718. The first-order valence-corrected chi connectivity index (χ1v) is 6.34. The highest BCUT2D eigenvalue weighted by Crippen LogP contribution is 2.17. The Hall–Kier alpha value is -2.12. The molecule has 19 heavy (non-hydrogen) atoms. The minimum atomic E-state index is -0.0843. The highest BCUT2D eigenvalue weighted by Gasteiger charge is 2.26. The lowest BCUT2D eigenvalue weighted by atomic mass is 10.1. The lowest BCUT2D eigenvalue weighted by molar-refractivity contribution is -0.127. The summed E-state index contributed by atoms with van der Waals surface area (Å²) in [5, 5.41) is 18.0. The van der Waals surface area contributed by atoms with Gasteiger partial charge in [0, 0.05) is 12.6 Å². The predicted molar refractivity (Wildman–Crippen MR) is 72.0 cm³/mol. The van der Waals surface area contributed by atoms with Crippen molar-refractivity contribution in [3.63, 3.8) is 0 Å². The minimum Gasteiger partial charge on any atom is -0.394 e. The number of nitriles is 1. The second kappa shape index (κ2) is 6.17. The predicted octanol–water partition coefficient (Wildman–Crippen LogP) is 1.55. The van der Waals surface area contributed by atoms with E-state index in [1.807, 2.05) is 6.07 Å². The molecule has 1 heterocycles. The van der Waals surface area contributed by atoms with Gasteiger partial charge < -0.3 is 10.0 Å². The fourth-order valence-corrected chi connectivity index (χ4v) is 2.29. The van der Waals surface area contributed by atoms with Crippen molar-refractivity contribution in [1.82, 2.24) is 4.90 Å². The van der Waals surface area contributed by atoms with Crippen LogP contribution in [0.15, 0.2) is 30.3 Å². The number of hydrogen-bond acceptors (Lipinski definition) is 3. The van der Waals surface area contributed by atoms with Crippen LogP contribution in [-0.2, 0) is 4.79 Å². The van der Waals surface area contributed by atoms with E-state index in [-0.39, 0.29) is 18.6 Å². The Morgan fingerprint density at radius 1 is 1.58 bits per heavy atom. The van der Waals surface area contributed by atoms with E-state index in [9.17, 15) is 9.90 Å². The Bertz CT molecular complexity index is 531. The van der Waals surface area contributed by atoms with Gasteiger partial charge >= 0.3 is 0 Å². The second-order valence-corrected chi connectivity index (χ2v) is 4.58. The van der Waals surface area contributed by atoms with E-state index in [1.54, 1.807) is 29.2 Å². The first-order valence-electron chi connectivity index (χ1n) is 6.34. The monoisotopic (exact) mass is 256 g/mol. The van der Waals surface area contributed by atoms with Gasteiger partial charge in [0.1, 0.15) is 0 Å². The fraction of sp³-hybridized carbons (Fsp3) is 0.333. The molecule has 2 rings (SSSR count). The molecule has 1 saturated heterocycles. The molecule has 0 aromatic heterocycles. The first kappa shape index (κ1) is 13.3. The van der Waals surface area contributed by atoms with Gasteiger partial charge in [-0.3, -0.25) is 4.79 Å². The van der Waals surface area contributed by atoms with Crippen molar-refractivity contribution in [2.24, 2.45) is 0 Å². The normalized spacial score (nSPS) is 18.7. The number of rotatable bonds is 3. The van der Waals surface area contributed by atoms with E-state index in [4.69, 9.17) is 5.26 Å². The molecular formula is C15H16N2O2. The SMILES string of the molecule is N#Cc1cccc(/C=C/C(=O)N2CCCC2CO)c1. The summed E-state index contributed by atoms with van der Waals surface area (Å²) >= 11 is 0. The van der Waals surface area contributed by atoms with E-state index in [1.165, 1.54) is 6.08 Å². The molecule has 1 unspecified atom stereocenters. The quantitative estimate of drug-likeness (QED) is 0.835. The van der Waals surface area contributed by atoms with Crippen molar-refractivity contribution in [2.75, 3.05) is 13.2 Å². The Labute approximate surface area is 112 Å². The lowest BCUT2D eigenvalue weighted by Gasteiger charge is -2.21. The highest BCUT2D eigenvalue weighted by atomic mass is 16.3. The molecule has 4 heteroatoms. The molecular weight excluding hydrogens is 240 g/mol. The molecule has 0 radical (unpaired) electrons. The Kier molecular flexibility index (Phi) is 4.32. The van der Waals surface area contributed by atoms with E-state index in [0.29, 0.717) is 12.1 Å². The topological polar surface area (TPSA) is 64.3 Å². The van der Waals surface area contributed by atoms with E-state index in [2.05, 4.69) is 6.07 Å². The van der Waals surface area contributed by atoms with Crippen LogP contribution in [0.2, 0.25) is 0 Å². The second-order valence-electron chi connectivity index (χ2n) is 4.58. The van der Waals surface area contributed by atoms with Crippen LogP contribution in [0.3, 0.4) is 0 Å². The molecule has 1 aliphatic rings. The van der Waals surface area contributed by atoms with Crippen molar-refractivity contribution in [3.05, 3.63) is 41.5 Å². The molecule has 4 nitrogen and oxygen atoms in total. The van der Waals surface area contributed by atoms with E-state index >= 15 is 0 Å². The number of aliphatic hydroxyl groups is 1. The summed E-state index contributed by atoms with van der Waals surface area (Å²) in [4.78, 5) is 13.7. The van der Waals surface area contributed by atoms with Gasteiger partial charge in [-0.1, -0.05) is 12.1 Å².